The number of aryl methyl sites for hydroxylation is 2. The van der Waals surface area contributed by atoms with Crippen molar-refractivity contribution in [3.8, 4) is 0 Å². The predicted molar refractivity (Wildman–Crippen MR) is 89.5 cm³/mol. The number of hydrogen-bond donors (Lipinski definition) is 1. The lowest BCUT2D eigenvalue weighted by Crippen LogP contribution is -2.48. The number of likely N-dealkylation sites (tertiary alicyclic amines) is 1. The number of aliphatic hydroxyl groups is 1. The molecule has 0 aromatic carbocycles. The smallest absolute Gasteiger partial charge is 0.272 e. The van der Waals surface area contributed by atoms with Crippen LogP contribution in [0.2, 0.25) is 0 Å². The molecule has 0 bridgehead atoms. The summed E-state index contributed by atoms with van der Waals surface area (Å²) in [5.74, 6) is -0.00275. The summed E-state index contributed by atoms with van der Waals surface area (Å²) in [6.45, 7) is 3.72. The van der Waals surface area contributed by atoms with Gasteiger partial charge in [0.05, 0.1) is 24.2 Å². The average molecular weight is 331 g/mol. The maximum absolute atomic E-state index is 12.7. The third-order valence-corrected chi connectivity index (χ3v) is 4.67. The first-order chi connectivity index (χ1) is 11.5. The number of nitrogens with zero attached hydrogens (tertiary/aromatic N) is 5. The highest BCUT2D eigenvalue weighted by atomic mass is 16.3. The Hall–Kier alpha value is -2.15. The van der Waals surface area contributed by atoms with Crippen molar-refractivity contribution in [2.75, 3.05) is 13.1 Å². The second-order valence-electron chi connectivity index (χ2n) is 6.65. The molecule has 7 heteroatoms. The summed E-state index contributed by atoms with van der Waals surface area (Å²) in [6.07, 6.45) is 8.29. The van der Waals surface area contributed by atoms with Crippen LogP contribution in [-0.2, 0) is 20.0 Å². The van der Waals surface area contributed by atoms with E-state index in [1.807, 2.05) is 28.8 Å². The minimum Gasteiger partial charge on any atom is -0.388 e. The van der Waals surface area contributed by atoms with Crippen LogP contribution >= 0.6 is 0 Å². The first-order valence-corrected chi connectivity index (χ1v) is 8.51. The van der Waals surface area contributed by atoms with Gasteiger partial charge in [-0.2, -0.15) is 5.10 Å². The van der Waals surface area contributed by atoms with Crippen LogP contribution < -0.4 is 0 Å². The van der Waals surface area contributed by atoms with E-state index in [0.717, 1.165) is 18.5 Å². The molecule has 2 aromatic heterocycles. The van der Waals surface area contributed by atoms with E-state index in [4.69, 9.17) is 0 Å². The Bertz CT molecular complexity index is 684. The third kappa shape index (κ3) is 3.51. The van der Waals surface area contributed by atoms with E-state index < -0.39 is 5.60 Å². The van der Waals surface area contributed by atoms with Crippen LogP contribution in [-0.4, -0.2) is 53.9 Å². The SMILES string of the molecule is CCCc1cc(C(=O)N2CCC(O)(Cn3ccnc3)CC2)n(C)n1. The molecule has 3 heterocycles. The molecule has 1 amide bonds. The average Bonchev–Trinajstić information content (AvgIpc) is 3.17. The molecule has 1 fully saturated rings. The van der Waals surface area contributed by atoms with Crippen molar-refractivity contribution in [2.45, 2.75) is 44.8 Å². The molecule has 0 spiro atoms. The minimum atomic E-state index is -0.780. The molecule has 0 aliphatic carbocycles. The molecule has 130 valence electrons. The van der Waals surface area contributed by atoms with E-state index in [1.165, 1.54) is 0 Å². The minimum absolute atomic E-state index is 0.00275. The van der Waals surface area contributed by atoms with Crippen LogP contribution in [0.5, 0.6) is 0 Å². The highest BCUT2D eigenvalue weighted by Gasteiger charge is 2.35. The van der Waals surface area contributed by atoms with Crippen molar-refractivity contribution < 1.29 is 9.90 Å². The van der Waals surface area contributed by atoms with E-state index in [2.05, 4.69) is 17.0 Å². The molecule has 0 unspecified atom stereocenters. The maximum Gasteiger partial charge on any atom is 0.272 e. The Labute approximate surface area is 141 Å². The van der Waals surface area contributed by atoms with Crippen LogP contribution in [0.25, 0.3) is 0 Å². The van der Waals surface area contributed by atoms with Crippen molar-refractivity contribution in [2.24, 2.45) is 7.05 Å². The molecule has 24 heavy (non-hydrogen) atoms. The van der Waals surface area contributed by atoms with Crippen LogP contribution in [0.3, 0.4) is 0 Å². The molecule has 0 radical (unpaired) electrons. The summed E-state index contributed by atoms with van der Waals surface area (Å²) in [5.41, 5.74) is 0.799. The zero-order chi connectivity index (χ0) is 17.2. The first kappa shape index (κ1) is 16.7. The summed E-state index contributed by atoms with van der Waals surface area (Å²) in [4.78, 5) is 18.6. The molecule has 7 nitrogen and oxygen atoms in total. The van der Waals surface area contributed by atoms with Gasteiger partial charge in [0.2, 0.25) is 0 Å². The zero-order valence-electron chi connectivity index (χ0n) is 14.4. The van der Waals surface area contributed by atoms with Crippen molar-refractivity contribution in [3.05, 3.63) is 36.2 Å². The standard InChI is InChI=1S/C17H25N5O2/c1-3-4-14-11-15(20(2)19-14)16(23)22-8-5-17(24,6-9-22)12-21-10-7-18-13-21/h7,10-11,13,24H,3-6,8-9,12H2,1-2H3. The first-order valence-electron chi connectivity index (χ1n) is 8.51. The van der Waals surface area contributed by atoms with E-state index >= 15 is 0 Å². The second-order valence-corrected chi connectivity index (χ2v) is 6.65. The predicted octanol–water partition coefficient (Wildman–Crippen LogP) is 1.24. The van der Waals surface area contributed by atoms with Crippen molar-refractivity contribution in [1.29, 1.82) is 0 Å². The molecule has 1 N–H and O–H groups in total. The van der Waals surface area contributed by atoms with Gasteiger partial charge >= 0.3 is 0 Å². The van der Waals surface area contributed by atoms with Gasteiger partial charge in [-0.1, -0.05) is 13.3 Å². The van der Waals surface area contributed by atoms with Gasteiger partial charge < -0.3 is 14.6 Å². The van der Waals surface area contributed by atoms with E-state index in [1.54, 1.807) is 17.2 Å². The largest absolute Gasteiger partial charge is 0.388 e. The van der Waals surface area contributed by atoms with Gasteiger partial charge in [-0.05, 0) is 25.3 Å². The second kappa shape index (κ2) is 6.76. The quantitative estimate of drug-likeness (QED) is 0.894. The monoisotopic (exact) mass is 331 g/mol. The Kier molecular flexibility index (Phi) is 4.71. The molecule has 2 aromatic rings. The number of aromatic nitrogens is 4. The lowest BCUT2D eigenvalue weighted by Gasteiger charge is -2.38. The lowest BCUT2D eigenvalue weighted by molar-refractivity contribution is -0.0294. The van der Waals surface area contributed by atoms with Crippen LogP contribution in [0.1, 0.15) is 42.4 Å². The molecule has 0 saturated carbocycles. The Balaban J connectivity index is 1.62. The summed E-state index contributed by atoms with van der Waals surface area (Å²) in [6, 6.07) is 1.89. The van der Waals surface area contributed by atoms with Gasteiger partial charge in [0, 0.05) is 32.5 Å². The van der Waals surface area contributed by atoms with Gasteiger partial charge in [-0.25, -0.2) is 4.98 Å². The topological polar surface area (TPSA) is 76.2 Å². The number of carbonyl (C=O) groups excluding carboxylic acids is 1. The fraction of sp³-hybridized carbons (Fsp3) is 0.588. The van der Waals surface area contributed by atoms with Crippen LogP contribution in [0.4, 0.5) is 0 Å². The van der Waals surface area contributed by atoms with E-state index in [9.17, 15) is 9.90 Å². The number of amides is 1. The number of piperidine rings is 1. The highest BCUT2D eigenvalue weighted by molar-refractivity contribution is 5.92. The Morgan fingerprint density at radius 3 is 2.75 bits per heavy atom. The summed E-state index contributed by atoms with van der Waals surface area (Å²) >= 11 is 0. The van der Waals surface area contributed by atoms with E-state index in [0.29, 0.717) is 38.2 Å². The molecule has 1 saturated heterocycles. The highest BCUT2D eigenvalue weighted by Crippen LogP contribution is 2.25. The summed E-state index contributed by atoms with van der Waals surface area (Å²) < 4.78 is 3.55. The van der Waals surface area contributed by atoms with Crippen LogP contribution in [0.15, 0.2) is 24.8 Å². The normalized spacial score (nSPS) is 17.2. The number of carbonyl (C=O) groups is 1. The van der Waals surface area contributed by atoms with Crippen LogP contribution in [0, 0.1) is 0 Å². The molecule has 0 atom stereocenters. The number of rotatable bonds is 5. The Morgan fingerprint density at radius 1 is 1.38 bits per heavy atom. The Morgan fingerprint density at radius 2 is 2.12 bits per heavy atom. The van der Waals surface area contributed by atoms with Gasteiger partial charge in [0.1, 0.15) is 5.69 Å². The fourth-order valence-electron chi connectivity index (χ4n) is 3.27. The van der Waals surface area contributed by atoms with Crippen molar-refractivity contribution >= 4 is 5.91 Å². The van der Waals surface area contributed by atoms with Gasteiger partial charge in [-0.3, -0.25) is 9.48 Å². The van der Waals surface area contributed by atoms with Gasteiger partial charge in [0.15, 0.2) is 0 Å². The summed E-state index contributed by atoms with van der Waals surface area (Å²) in [7, 11) is 1.81. The number of imidazole rings is 1. The molecule has 1 aliphatic rings. The van der Waals surface area contributed by atoms with Gasteiger partial charge in [-0.15, -0.1) is 0 Å². The van der Waals surface area contributed by atoms with Gasteiger partial charge in [0.25, 0.3) is 5.91 Å². The molecular formula is C17H25N5O2. The third-order valence-electron chi connectivity index (χ3n) is 4.67. The number of hydrogen-bond acceptors (Lipinski definition) is 4. The molecular weight excluding hydrogens is 306 g/mol. The zero-order valence-corrected chi connectivity index (χ0v) is 14.4. The fourth-order valence-corrected chi connectivity index (χ4v) is 3.27. The summed E-state index contributed by atoms with van der Waals surface area (Å²) in [5, 5.41) is 15.1. The lowest BCUT2D eigenvalue weighted by atomic mass is 9.91. The van der Waals surface area contributed by atoms with Crippen molar-refractivity contribution in [1.82, 2.24) is 24.2 Å². The maximum atomic E-state index is 12.7. The van der Waals surface area contributed by atoms with E-state index in [-0.39, 0.29) is 5.91 Å². The molecule has 1 aliphatic heterocycles. The van der Waals surface area contributed by atoms with Crippen molar-refractivity contribution in [3.63, 3.8) is 0 Å². The molecule has 3 rings (SSSR count).